The smallest absolute Gasteiger partial charge is 0.374 e. The van der Waals surface area contributed by atoms with Gasteiger partial charge in [-0.15, -0.1) is 0 Å². The van der Waals surface area contributed by atoms with Crippen LogP contribution in [0.2, 0.25) is 0 Å². The Hall–Kier alpha value is -3.61. The van der Waals surface area contributed by atoms with Crippen molar-refractivity contribution in [2.75, 3.05) is 11.9 Å². The number of fused-ring (bicyclic) bond motifs is 1. The zero-order valence-corrected chi connectivity index (χ0v) is 12.9. The monoisotopic (exact) mass is 336 g/mol. The van der Waals surface area contributed by atoms with Crippen LogP contribution in [0.15, 0.2) is 53.1 Å². The van der Waals surface area contributed by atoms with Gasteiger partial charge in [-0.05, 0) is 11.6 Å². The molecule has 0 atom stereocenters. The number of carboxylic acids is 1. The third-order valence-corrected chi connectivity index (χ3v) is 3.85. The fourth-order valence-corrected chi connectivity index (χ4v) is 2.67. The van der Waals surface area contributed by atoms with Gasteiger partial charge in [0.15, 0.2) is 12.4 Å². The minimum Gasteiger partial charge on any atom is -0.481 e. The van der Waals surface area contributed by atoms with Gasteiger partial charge in [0.2, 0.25) is 5.76 Å². The zero-order valence-electron chi connectivity index (χ0n) is 12.9. The molecule has 1 aliphatic rings. The fourth-order valence-electron chi connectivity index (χ4n) is 2.67. The van der Waals surface area contributed by atoms with Crippen LogP contribution in [0.4, 0.5) is 5.69 Å². The summed E-state index contributed by atoms with van der Waals surface area (Å²) in [5.74, 6) is -0.921. The minimum atomic E-state index is -1.16. The molecule has 7 nitrogen and oxygen atoms in total. The maximum absolute atomic E-state index is 11.4. The Morgan fingerprint density at radius 1 is 1.12 bits per heavy atom. The van der Waals surface area contributed by atoms with Crippen molar-refractivity contribution in [2.24, 2.45) is 0 Å². The van der Waals surface area contributed by atoms with Crippen molar-refractivity contribution in [3.05, 3.63) is 54.3 Å². The predicted octanol–water partition coefficient (Wildman–Crippen LogP) is 3.04. The van der Waals surface area contributed by atoms with Crippen molar-refractivity contribution < 1.29 is 24.0 Å². The number of para-hydroxylation sites is 1. The topological polar surface area (TPSA) is 102 Å². The van der Waals surface area contributed by atoms with Crippen LogP contribution in [-0.4, -0.2) is 28.7 Å². The van der Waals surface area contributed by atoms with E-state index in [9.17, 15) is 9.59 Å². The number of rotatable bonds is 3. The number of nitrogens with one attached hydrogen (secondary N) is 1. The van der Waals surface area contributed by atoms with Gasteiger partial charge in [0.05, 0.1) is 5.69 Å². The second-order valence-electron chi connectivity index (χ2n) is 5.48. The predicted molar refractivity (Wildman–Crippen MR) is 88.5 cm³/mol. The second-order valence-corrected chi connectivity index (χ2v) is 5.48. The molecule has 0 saturated heterocycles. The number of carbonyl (C=O) groups is 2. The van der Waals surface area contributed by atoms with Crippen molar-refractivity contribution >= 4 is 17.6 Å². The second kappa shape index (κ2) is 5.79. The molecule has 1 amide bonds. The molecule has 0 spiro atoms. The Labute approximate surface area is 141 Å². The quantitative estimate of drug-likeness (QED) is 0.762. The standard InChI is InChI=1S/C18H12N2O5/c21-16-9-24-17-12(2-1-3-13(17)19-16)10-4-6-11(7-5-10)14-8-15(18(22)23)25-20-14/h1-8H,9H2,(H,19,21)(H,22,23). The fraction of sp³-hybridized carbons (Fsp3) is 0.0556. The first-order valence-corrected chi connectivity index (χ1v) is 7.48. The van der Waals surface area contributed by atoms with Crippen LogP contribution in [0.25, 0.3) is 22.4 Å². The van der Waals surface area contributed by atoms with E-state index in [1.54, 1.807) is 6.07 Å². The molecule has 3 aromatic rings. The first-order chi connectivity index (χ1) is 12.1. The van der Waals surface area contributed by atoms with Crippen LogP contribution in [-0.2, 0) is 4.79 Å². The van der Waals surface area contributed by atoms with E-state index in [1.165, 1.54) is 6.07 Å². The largest absolute Gasteiger partial charge is 0.481 e. The molecule has 25 heavy (non-hydrogen) atoms. The van der Waals surface area contributed by atoms with E-state index in [1.807, 2.05) is 36.4 Å². The van der Waals surface area contributed by atoms with Gasteiger partial charge >= 0.3 is 5.97 Å². The number of aromatic nitrogens is 1. The summed E-state index contributed by atoms with van der Waals surface area (Å²) >= 11 is 0. The van der Waals surface area contributed by atoms with E-state index < -0.39 is 5.97 Å². The Morgan fingerprint density at radius 2 is 1.88 bits per heavy atom. The summed E-state index contributed by atoms with van der Waals surface area (Å²) in [7, 11) is 0. The van der Waals surface area contributed by atoms with Crippen LogP contribution in [0.3, 0.4) is 0 Å². The molecule has 0 bridgehead atoms. The minimum absolute atomic E-state index is 0.0149. The van der Waals surface area contributed by atoms with Crippen LogP contribution < -0.4 is 10.1 Å². The first-order valence-electron chi connectivity index (χ1n) is 7.48. The third-order valence-electron chi connectivity index (χ3n) is 3.85. The lowest BCUT2D eigenvalue weighted by atomic mass is 10.0. The Balaban J connectivity index is 1.68. The molecule has 0 saturated carbocycles. The Morgan fingerprint density at radius 3 is 2.60 bits per heavy atom. The molecular formula is C18H12N2O5. The average Bonchev–Trinajstić information content (AvgIpc) is 3.11. The summed E-state index contributed by atoms with van der Waals surface area (Å²) in [5, 5.41) is 15.4. The van der Waals surface area contributed by atoms with E-state index in [0.717, 1.165) is 16.7 Å². The van der Waals surface area contributed by atoms with E-state index in [-0.39, 0.29) is 18.3 Å². The number of hydrogen-bond donors (Lipinski definition) is 2. The summed E-state index contributed by atoms with van der Waals surface area (Å²) < 4.78 is 10.3. The normalized spacial score (nSPS) is 12.9. The summed E-state index contributed by atoms with van der Waals surface area (Å²) in [4.78, 5) is 22.3. The van der Waals surface area contributed by atoms with Gasteiger partial charge in [0, 0.05) is 17.2 Å². The molecule has 0 radical (unpaired) electrons. The zero-order chi connectivity index (χ0) is 17.4. The van der Waals surface area contributed by atoms with Crippen LogP contribution >= 0.6 is 0 Å². The molecule has 2 heterocycles. The number of carbonyl (C=O) groups excluding carboxylic acids is 1. The van der Waals surface area contributed by atoms with Gasteiger partial charge in [0.1, 0.15) is 5.69 Å². The lowest BCUT2D eigenvalue weighted by molar-refractivity contribution is -0.118. The van der Waals surface area contributed by atoms with Gasteiger partial charge < -0.3 is 19.7 Å². The molecule has 4 rings (SSSR count). The maximum atomic E-state index is 11.4. The summed E-state index contributed by atoms with van der Waals surface area (Å²) in [5.41, 5.74) is 3.58. The van der Waals surface area contributed by atoms with E-state index in [0.29, 0.717) is 17.1 Å². The van der Waals surface area contributed by atoms with E-state index in [4.69, 9.17) is 14.4 Å². The van der Waals surface area contributed by atoms with Gasteiger partial charge in [-0.25, -0.2) is 4.79 Å². The highest BCUT2D eigenvalue weighted by molar-refractivity contribution is 5.97. The molecule has 1 aliphatic heterocycles. The molecule has 0 fully saturated rings. The van der Waals surface area contributed by atoms with Crippen LogP contribution in [0.1, 0.15) is 10.6 Å². The molecule has 124 valence electrons. The SMILES string of the molecule is O=C1COc2c(cccc2-c2ccc(-c3cc(C(=O)O)on3)cc2)N1. The van der Waals surface area contributed by atoms with E-state index >= 15 is 0 Å². The van der Waals surface area contributed by atoms with Crippen molar-refractivity contribution in [3.63, 3.8) is 0 Å². The Bertz CT molecular complexity index is 975. The molecule has 7 heteroatoms. The third kappa shape index (κ3) is 2.72. The summed E-state index contributed by atoms with van der Waals surface area (Å²) in [6, 6.07) is 14.3. The summed E-state index contributed by atoms with van der Waals surface area (Å²) in [6.07, 6.45) is 0. The van der Waals surface area contributed by atoms with Gasteiger partial charge in [-0.2, -0.15) is 0 Å². The first kappa shape index (κ1) is 14.9. The molecular weight excluding hydrogens is 324 g/mol. The number of carboxylic acid groups (broad SMARTS) is 1. The van der Waals surface area contributed by atoms with Gasteiger partial charge in [-0.1, -0.05) is 41.6 Å². The van der Waals surface area contributed by atoms with Crippen molar-refractivity contribution in [1.82, 2.24) is 5.16 Å². The van der Waals surface area contributed by atoms with Crippen LogP contribution in [0, 0.1) is 0 Å². The van der Waals surface area contributed by atoms with Gasteiger partial charge in [0.25, 0.3) is 5.91 Å². The maximum Gasteiger partial charge on any atom is 0.374 e. The molecule has 2 aromatic carbocycles. The number of nitrogens with zero attached hydrogens (tertiary/aromatic N) is 1. The number of hydrogen-bond acceptors (Lipinski definition) is 5. The highest BCUT2D eigenvalue weighted by Crippen LogP contribution is 2.38. The lowest BCUT2D eigenvalue weighted by Crippen LogP contribution is -2.25. The van der Waals surface area contributed by atoms with Crippen molar-refractivity contribution in [1.29, 1.82) is 0 Å². The van der Waals surface area contributed by atoms with Crippen LogP contribution in [0.5, 0.6) is 5.75 Å². The highest BCUT2D eigenvalue weighted by atomic mass is 16.5. The Kier molecular flexibility index (Phi) is 3.46. The lowest BCUT2D eigenvalue weighted by Gasteiger charge is -2.20. The van der Waals surface area contributed by atoms with Crippen molar-refractivity contribution in [2.45, 2.75) is 0 Å². The molecule has 0 aliphatic carbocycles. The number of amides is 1. The highest BCUT2D eigenvalue weighted by Gasteiger charge is 2.19. The molecule has 0 unspecified atom stereocenters. The summed E-state index contributed by atoms with van der Waals surface area (Å²) in [6.45, 7) is -0.0149. The number of anilines is 1. The number of benzene rings is 2. The van der Waals surface area contributed by atoms with Crippen molar-refractivity contribution in [3.8, 4) is 28.1 Å². The van der Waals surface area contributed by atoms with Gasteiger partial charge in [-0.3, -0.25) is 4.79 Å². The van der Waals surface area contributed by atoms with E-state index in [2.05, 4.69) is 10.5 Å². The molecule has 1 aromatic heterocycles. The number of ether oxygens (including phenoxy) is 1. The number of aromatic carboxylic acids is 1. The average molecular weight is 336 g/mol. The molecule has 2 N–H and O–H groups in total.